The summed E-state index contributed by atoms with van der Waals surface area (Å²) in [5, 5.41) is 2.89. The van der Waals surface area contributed by atoms with E-state index in [1.807, 2.05) is 38.1 Å². The molecule has 1 amide bonds. The second-order valence-corrected chi connectivity index (χ2v) is 9.09. The van der Waals surface area contributed by atoms with Crippen LogP contribution in [0.4, 0.5) is 5.69 Å². The molecule has 0 heterocycles. The number of carbonyl (C=O) groups is 1. The Bertz CT molecular complexity index is 1130. The Hall–Kier alpha value is -3.32. The van der Waals surface area contributed by atoms with Crippen LogP contribution in [0.15, 0.2) is 83.8 Å². The molecule has 0 spiro atoms. The van der Waals surface area contributed by atoms with Crippen molar-refractivity contribution in [2.24, 2.45) is 0 Å². The van der Waals surface area contributed by atoms with E-state index in [1.165, 1.54) is 19.2 Å². The summed E-state index contributed by atoms with van der Waals surface area (Å²) in [5.74, 6) is 0.0922. The van der Waals surface area contributed by atoms with Crippen LogP contribution in [0.1, 0.15) is 24.1 Å². The number of carbonyl (C=O) groups excluding carboxylic acids is 1. The minimum atomic E-state index is -3.96. The highest BCUT2D eigenvalue weighted by molar-refractivity contribution is 7.92. The molecule has 162 valence electrons. The number of anilines is 1. The number of hydrogen-bond donors (Lipinski definition) is 1. The highest BCUT2D eigenvalue weighted by Gasteiger charge is 2.28. The smallest absolute Gasteiger partial charge is 0.264 e. The summed E-state index contributed by atoms with van der Waals surface area (Å²) in [7, 11) is -2.46. The van der Waals surface area contributed by atoms with E-state index in [1.54, 1.807) is 42.5 Å². The molecule has 6 nitrogen and oxygen atoms in total. The molecule has 0 saturated carbocycles. The molecule has 0 fully saturated rings. The lowest BCUT2D eigenvalue weighted by Gasteiger charge is -2.25. The molecule has 0 radical (unpaired) electrons. The summed E-state index contributed by atoms with van der Waals surface area (Å²) in [6.45, 7) is 3.50. The van der Waals surface area contributed by atoms with Gasteiger partial charge in [0.15, 0.2) is 0 Å². The van der Waals surface area contributed by atoms with Crippen LogP contribution in [-0.4, -0.2) is 28.0 Å². The first kappa shape index (κ1) is 22.4. The van der Waals surface area contributed by atoms with Crippen molar-refractivity contribution < 1.29 is 17.9 Å². The molecule has 0 aliphatic heterocycles. The van der Waals surface area contributed by atoms with Crippen LogP contribution in [-0.2, 0) is 14.8 Å². The van der Waals surface area contributed by atoms with Crippen LogP contribution in [0.2, 0.25) is 0 Å². The van der Waals surface area contributed by atoms with Gasteiger partial charge in [-0.3, -0.25) is 9.10 Å². The molecule has 0 aliphatic carbocycles. The van der Waals surface area contributed by atoms with Gasteiger partial charge in [-0.25, -0.2) is 8.42 Å². The molecule has 3 aromatic carbocycles. The van der Waals surface area contributed by atoms with Gasteiger partial charge in [-0.1, -0.05) is 54.1 Å². The maximum Gasteiger partial charge on any atom is 0.264 e. The lowest BCUT2D eigenvalue weighted by Crippen LogP contribution is -2.41. The van der Waals surface area contributed by atoms with Crippen LogP contribution in [0.5, 0.6) is 5.75 Å². The fourth-order valence-electron chi connectivity index (χ4n) is 3.16. The van der Waals surface area contributed by atoms with Crippen molar-refractivity contribution in [3.8, 4) is 5.75 Å². The van der Waals surface area contributed by atoms with Crippen molar-refractivity contribution in [3.63, 3.8) is 0 Å². The third-order valence-electron chi connectivity index (χ3n) is 4.91. The van der Waals surface area contributed by atoms with E-state index in [2.05, 4.69) is 5.32 Å². The van der Waals surface area contributed by atoms with E-state index >= 15 is 0 Å². The summed E-state index contributed by atoms with van der Waals surface area (Å²) in [4.78, 5) is 13.0. The monoisotopic (exact) mass is 438 g/mol. The van der Waals surface area contributed by atoms with Gasteiger partial charge in [0.05, 0.1) is 23.7 Å². The predicted octanol–water partition coefficient (Wildman–Crippen LogP) is 4.08. The predicted molar refractivity (Wildman–Crippen MR) is 122 cm³/mol. The van der Waals surface area contributed by atoms with Crippen LogP contribution >= 0.6 is 0 Å². The van der Waals surface area contributed by atoms with Crippen molar-refractivity contribution in [2.75, 3.05) is 18.0 Å². The van der Waals surface area contributed by atoms with E-state index in [9.17, 15) is 13.2 Å². The number of rotatable bonds is 8. The van der Waals surface area contributed by atoms with Crippen molar-refractivity contribution in [2.45, 2.75) is 24.8 Å². The molecule has 3 rings (SSSR count). The van der Waals surface area contributed by atoms with Gasteiger partial charge in [0.1, 0.15) is 12.3 Å². The Morgan fingerprint density at radius 2 is 1.68 bits per heavy atom. The molecule has 31 heavy (non-hydrogen) atoms. The normalized spacial score (nSPS) is 12.1. The molecule has 0 bridgehead atoms. The average Bonchev–Trinajstić information content (AvgIpc) is 2.78. The number of benzene rings is 3. The Morgan fingerprint density at radius 3 is 2.32 bits per heavy atom. The highest BCUT2D eigenvalue weighted by atomic mass is 32.2. The summed E-state index contributed by atoms with van der Waals surface area (Å²) >= 11 is 0. The fraction of sp³-hybridized carbons (Fsp3) is 0.208. The zero-order valence-electron chi connectivity index (χ0n) is 17.8. The van der Waals surface area contributed by atoms with Gasteiger partial charge in [-0.05, 0) is 43.7 Å². The summed E-state index contributed by atoms with van der Waals surface area (Å²) < 4.78 is 33.1. The molecular weight excluding hydrogens is 412 g/mol. The Kier molecular flexibility index (Phi) is 6.97. The number of nitrogens with zero attached hydrogens (tertiary/aromatic N) is 1. The van der Waals surface area contributed by atoms with Gasteiger partial charge in [-0.15, -0.1) is 0 Å². The van der Waals surface area contributed by atoms with Crippen LogP contribution in [0.25, 0.3) is 0 Å². The molecule has 3 aromatic rings. The number of hydrogen-bond acceptors (Lipinski definition) is 4. The van der Waals surface area contributed by atoms with Crippen molar-refractivity contribution in [1.82, 2.24) is 5.32 Å². The number of amides is 1. The number of methoxy groups -OCH3 is 1. The maximum absolute atomic E-state index is 13.4. The zero-order valence-corrected chi connectivity index (χ0v) is 18.6. The van der Waals surface area contributed by atoms with E-state index in [0.29, 0.717) is 11.4 Å². The lowest BCUT2D eigenvalue weighted by molar-refractivity contribution is -0.120. The highest BCUT2D eigenvalue weighted by Crippen LogP contribution is 2.27. The standard InChI is InChI=1S/C24H26N2O4S/c1-18-12-14-20(15-13-18)19(2)25-24(27)17-26(21-8-7-9-22(16-21)30-3)31(28,29)23-10-5-4-6-11-23/h4-16,19H,17H2,1-3H3,(H,25,27). The molecule has 0 aromatic heterocycles. The molecular formula is C24H26N2O4S. The van der Waals surface area contributed by atoms with Crippen molar-refractivity contribution >= 4 is 21.6 Å². The third-order valence-corrected chi connectivity index (χ3v) is 6.70. The van der Waals surface area contributed by atoms with Crippen molar-refractivity contribution in [1.29, 1.82) is 0 Å². The third kappa shape index (κ3) is 5.44. The van der Waals surface area contributed by atoms with Gasteiger partial charge in [-0.2, -0.15) is 0 Å². The lowest BCUT2D eigenvalue weighted by atomic mass is 10.1. The summed E-state index contributed by atoms with van der Waals surface area (Å²) in [6, 6.07) is 22.3. The second-order valence-electron chi connectivity index (χ2n) is 7.23. The van der Waals surface area contributed by atoms with E-state index in [0.717, 1.165) is 15.4 Å². The summed E-state index contributed by atoms with van der Waals surface area (Å²) in [6.07, 6.45) is 0. The second kappa shape index (κ2) is 9.66. The van der Waals surface area contributed by atoms with E-state index < -0.39 is 15.9 Å². The molecule has 0 saturated heterocycles. The first-order chi connectivity index (χ1) is 14.8. The van der Waals surface area contributed by atoms with Gasteiger partial charge in [0.2, 0.25) is 5.91 Å². The van der Waals surface area contributed by atoms with E-state index in [-0.39, 0.29) is 17.5 Å². The number of aryl methyl sites for hydroxylation is 1. The fourth-order valence-corrected chi connectivity index (χ4v) is 4.59. The minimum Gasteiger partial charge on any atom is -0.497 e. The largest absolute Gasteiger partial charge is 0.497 e. The van der Waals surface area contributed by atoms with Gasteiger partial charge in [0, 0.05) is 6.07 Å². The zero-order chi connectivity index (χ0) is 22.4. The molecule has 7 heteroatoms. The molecule has 1 unspecified atom stereocenters. The van der Waals surface area contributed by atoms with Crippen LogP contribution in [0.3, 0.4) is 0 Å². The van der Waals surface area contributed by atoms with Gasteiger partial charge >= 0.3 is 0 Å². The molecule has 0 aliphatic rings. The van der Waals surface area contributed by atoms with E-state index in [4.69, 9.17) is 4.74 Å². The Balaban J connectivity index is 1.89. The van der Waals surface area contributed by atoms with Crippen LogP contribution in [0, 0.1) is 6.92 Å². The molecule has 1 N–H and O–H groups in total. The van der Waals surface area contributed by atoms with Crippen molar-refractivity contribution in [3.05, 3.63) is 90.0 Å². The number of nitrogens with one attached hydrogen (secondary N) is 1. The summed E-state index contributed by atoms with van der Waals surface area (Å²) in [5.41, 5.74) is 2.42. The Morgan fingerprint density at radius 1 is 1.00 bits per heavy atom. The number of sulfonamides is 1. The topological polar surface area (TPSA) is 75.7 Å². The SMILES string of the molecule is COc1cccc(N(CC(=O)NC(C)c2ccc(C)cc2)S(=O)(=O)c2ccccc2)c1. The quantitative estimate of drug-likeness (QED) is 0.575. The maximum atomic E-state index is 13.4. The van der Waals surface area contributed by atoms with Gasteiger partial charge in [0.25, 0.3) is 10.0 Å². The molecule has 1 atom stereocenters. The van der Waals surface area contributed by atoms with Crippen LogP contribution < -0.4 is 14.4 Å². The first-order valence-corrected chi connectivity index (χ1v) is 11.3. The van der Waals surface area contributed by atoms with Gasteiger partial charge < -0.3 is 10.1 Å². The average molecular weight is 439 g/mol. The first-order valence-electron chi connectivity index (χ1n) is 9.89. The number of ether oxygens (including phenoxy) is 1. The minimum absolute atomic E-state index is 0.109. The Labute approximate surface area is 183 Å².